The molecule has 1 amide bonds. The van der Waals surface area contributed by atoms with Crippen LogP contribution in [0.4, 0.5) is 5.69 Å². The van der Waals surface area contributed by atoms with Crippen LogP contribution in [0.2, 0.25) is 5.02 Å². The van der Waals surface area contributed by atoms with Crippen molar-refractivity contribution in [2.24, 2.45) is 0 Å². The number of thioether (sulfide) groups is 1. The molecule has 0 spiro atoms. The molecule has 1 aromatic heterocycles. The van der Waals surface area contributed by atoms with Crippen LogP contribution in [0.3, 0.4) is 0 Å². The number of hydrazine groups is 1. The molecule has 1 aliphatic heterocycles. The van der Waals surface area contributed by atoms with Gasteiger partial charge >= 0.3 is 0 Å². The predicted molar refractivity (Wildman–Crippen MR) is 109 cm³/mol. The summed E-state index contributed by atoms with van der Waals surface area (Å²) in [5, 5.41) is 17.3. The summed E-state index contributed by atoms with van der Waals surface area (Å²) in [6.07, 6.45) is 0. The molecule has 1 aliphatic rings. The lowest BCUT2D eigenvalue weighted by atomic mass is 10.1. The molecule has 0 radical (unpaired) electrons. The van der Waals surface area contributed by atoms with E-state index in [0.29, 0.717) is 44.1 Å². The number of nitrogens with one attached hydrogen (secondary N) is 1. The largest absolute Gasteiger partial charge is 0.495 e. The third-order valence-corrected chi connectivity index (χ3v) is 6.02. The van der Waals surface area contributed by atoms with E-state index >= 15 is 0 Å². The SMILES string of the molecule is COc1ccc(-c2no[n+]([O-])c2C)cc1NN1C(=O)CSC1c1ccc(Cl)cc1. The van der Waals surface area contributed by atoms with Crippen molar-refractivity contribution in [1.29, 1.82) is 0 Å². The second-order valence-electron chi connectivity index (χ2n) is 6.37. The van der Waals surface area contributed by atoms with Gasteiger partial charge in [0.25, 0.3) is 11.6 Å². The Morgan fingerprint density at radius 3 is 2.76 bits per heavy atom. The molecule has 1 N–H and O–H groups in total. The van der Waals surface area contributed by atoms with Gasteiger partial charge in [0.15, 0.2) is 0 Å². The molecular formula is C19H17ClN4O4S. The number of aromatic nitrogens is 2. The molecule has 0 bridgehead atoms. The van der Waals surface area contributed by atoms with Crippen molar-refractivity contribution in [3.05, 3.63) is 64.0 Å². The molecule has 2 heterocycles. The smallest absolute Gasteiger partial charge is 0.252 e. The number of carbonyl (C=O) groups is 1. The van der Waals surface area contributed by atoms with E-state index in [1.54, 1.807) is 49.4 Å². The van der Waals surface area contributed by atoms with Crippen LogP contribution in [-0.4, -0.2) is 28.9 Å². The third kappa shape index (κ3) is 3.70. The van der Waals surface area contributed by atoms with Gasteiger partial charge in [0.2, 0.25) is 5.69 Å². The maximum atomic E-state index is 12.5. The average molecular weight is 433 g/mol. The Morgan fingerprint density at radius 1 is 1.34 bits per heavy atom. The molecule has 8 nitrogen and oxygen atoms in total. The van der Waals surface area contributed by atoms with Gasteiger partial charge in [-0.2, -0.15) is 0 Å². The molecule has 1 saturated heterocycles. The minimum Gasteiger partial charge on any atom is -0.495 e. The van der Waals surface area contributed by atoms with E-state index < -0.39 is 0 Å². The van der Waals surface area contributed by atoms with Crippen molar-refractivity contribution in [3.63, 3.8) is 0 Å². The number of halogens is 1. The lowest BCUT2D eigenvalue weighted by Crippen LogP contribution is -2.34. The fourth-order valence-corrected chi connectivity index (χ4v) is 4.28. The highest BCUT2D eigenvalue weighted by Gasteiger charge is 2.34. The molecular weight excluding hydrogens is 416 g/mol. The van der Waals surface area contributed by atoms with Crippen LogP contribution in [0.15, 0.2) is 47.1 Å². The zero-order chi connectivity index (χ0) is 20.5. The van der Waals surface area contributed by atoms with Gasteiger partial charge in [-0.1, -0.05) is 23.7 Å². The lowest BCUT2D eigenvalue weighted by molar-refractivity contribution is -0.806. The third-order valence-electron chi connectivity index (χ3n) is 4.56. The minimum atomic E-state index is -0.217. The van der Waals surface area contributed by atoms with Gasteiger partial charge in [0, 0.05) is 22.7 Å². The van der Waals surface area contributed by atoms with Crippen molar-refractivity contribution in [3.8, 4) is 17.0 Å². The summed E-state index contributed by atoms with van der Waals surface area (Å²) in [5.41, 5.74) is 6.11. The van der Waals surface area contributed by atoms with E-state index in [4.69, 9.17) is 16.3 Å². The number of hydrogen-bond acceptors (Lipinski definition) is 7. The summed E-state index contributed by atoms with van der Waals surface area (Å²) in [7, 11) is 1.55. The summed E-state index contributed by atoms with van der Waals surface area (Å²) in [4.78, 5) is 12.9. The Kier molecular flexibility index (Phi) is 5.25. The second kappa shape index (κ2) is 7.84. The summed E-state index contributed by atoms with van der Waals surface area (Å²) < 4.78 is 10.1. The van der Waals surface area contributed by atoms with Crippen LogP contribution in [0.25, 0.3) is 11.3 Å². The Morgan fingerprint density at radius 2 is 2.10 bits per heavy atom. The van der Waals surface area contributed by atoms with Crippen molar-refractivity contribution < 1.29 is 19.1 Å². The second-order valence-corrected chi connectivity index (χ2v) is 7.87. The highest BCUT2D eigenvalue weighted by molar-refractivity contribution is 8.00. The Balaban J connectivity index is 1.68. The maximum absolute atomic E-state index is 12.5. The molecule has 1 unspecified atom stereocenters. The molecule has 0 aliphatic carbocycles. The van der Waals surface area contributed by atoms with E-state index in [2.05, 4.69) is 15.2 Å². The zero-order valence-electron chi connectivity index (χ0n) is 15.6. The van der Waals surface area contributed by atoms with E-state index in [0.717, 1.165) is 5.56 Å². The Hall–Kier alpha value is -2.91. The van der Waals surface area contributed by atoms with E-state index in [1.165, 1.54) is 11.8 Å². The van der Waals surface area contributed by atoms with Gasteiger partial charge < -0.3 is 9.94 Å². The summed E-state index contributed by atoms with van der Waals surface area (Å²) in [6.45, 7) is 1.62. The molecule has 3 aromatic rings. The van der Waals surface area contributed by atoms with Crippen molar-refractivity contribution in [2.45, 2.75) is 12.3 Å². The molecule has 150 valence electrons. The number of nitrogens with zero attached hydrogens (tertiary/aromatic N) is 3. The first-order valence-electron chi connectivity index (χ1n) is 8.68. The van der Waals surface area contributed by atoms with Crippen LogP contribution < -0.4 is 15.1 Å². The lowest BCUT2D eigenvalue weighted by Gasteiger charge is -2.26. The molecule has 29 heavy (non-hydrogen) atoms. The number of ether oxygens (including phenoxy) is 1. The first kappa shape index (κ1) is 19.4. The van der Waals surface area contributed by atoms with E-state index in [9.17, 15) is 10.0 Å². The molecule has 1 atom stereocenters. The number of carbonyl (C=O) groups excluding carboxylic acids is 1. The van der Waals surface area contributed by atoms with Crippen LogP contribution in [0, 0.1) is 12.1 Å². The van der Waals surface area contributed by atoms with Gasteiger partial charge in [0.1, 0.15) is 11.1 Å². The van der Waals surface area contributed by atoms with Gasteiger partial charge in [-0.15, -0.1) is 11.8 Å². The zero-order valence-corrected chi connectivity index (χ0v) is 17.2. The fraction of sp³-hybridized carbons (Fsp3) is 0.211. The number of hydrogen-bond donors (Lipinski definition) is 1. The fourth-order valence-electron chi connectivity index (χ4n) is 3.04. The normalized spacial score (nSPS) is 16.3. The topological polar surface area (TPSA) is 94.5 Å². The van der Waals surface area contributed by atoms with Crippen molar-refractivity contribution in [1.82, 2.24) is 10.2 Å². The number of benzene rings is 2. The van der Waals surface area contributed by atoms with Crippen molar-refractivity contribution in [2.75, 3.05) is 18.3 Å². The first-order chi connectivity index (χ1) is 14.0. The van der Waals surface area contributed by atoms with Crippen LogP contribution in [-0.2, 0) is 4.79 Å². The average Bonchev–Trinajstić information content (AvgIpc) is 3.25. The summed E-state index contributed by atoms with van der Waals surface area (Å²) >= 11 is 7.50. The van der Waals surface area contributed by atoms with Crippen LogP contribution in [0.1, 0.15) is 16.6 Å². The predicted octanol–water partition coefficient (Wildman–Crippen LogP) is 3.55. The summed E-state index contributed by atoms with van der Waals surface area (Å²) in [5.74, 6) is 0.836. The number of methoxy groups -OCH3 is 1. The molecule has 0 saturated carbocycles. The van der Waals surface area contributed by atoms with E-state index in [1.807, 2.05) is 12.1 Å². The van der Waals surface area contributed by atoms with Crippen LogP contribution >= 0.6 is 23.4 Å². The highest BCUT2D eigenvalue weighted by atomic mass is 35.5. The van der Waals surface area contributed by atoms with E-state index in [-0.39, 0.29) is 11.3 Å². The van der Waals surface area contributed by atoms with Gasteiger partial charge in [-0.05, 0) is 40.8 Å². The van der Waals surface area contributed by atoms with Gasteiger partial charge in [-0.3, -0.25) is 14.8 Å². The molecule has 1 fully saturated rings. The van der Waals surface area contributed by atoms with Crippen molar-refractivity contribution >= 4 is 35.0 Å². The van der Waals surface area contributed by atoms with Gasteiger partial charge in [0.05, 0.1) is 18.6 Å². The highest BCUT2D eigenvalue weighted by Crippen LogP contribution is 2.40. The Bertz CT molecular complexity index is 1060. The number of rotatable bonds is 5. The molecule has 4 rings (SSSR count). The quantitative estimate of drug-likeness (QED) is 0.616. The number of amides is 1. The maximum Gasteiger partial charge on any atom is 0.252 e. The van der Waals surface area contributed by atoms with Gasteiger partial charge in [-0.25, -0.2) is 5.01 Å². The number of anilines is 1. The Labute approximate surface area is 175 Å². The first-order valence-corrected chi connectivity index (χ1v) is 10.1. The van der Waals surface area contributed by atoms with Crippen LogP contribution in [0.5, 0.6) is 5.75 Å². The monoisotopic (exact) mass is 432 g/mol. The minimum absolute atomic E-state index is 0.0579. The summed E-state index contributed by atoms with van der Waals surface area (Å²) in [6, 6.07) is 12.7. The molecule has 10 heteroatoms. The molecule has 2 aromatic carbocycles. The standard InChI is InChI=1S/C19H17ClN4O4S/c1-11-18(22-28-24(11)26)13-5-8-16(27-2)15(9-13)21-23-17(25)10-29-19(23)12-3-6-14(20)7-4-12/h3-9,19,21H,10H2,1-2H3.